The van der Waals surface area contributed by atoms with Gasteiger partial charge in [0.15, 0.2) is 0 Å². The van der Waals surface area contributed by atoms with Crippen molar-refractivity contribution in [2.24, 2.45) is 5.73 Å². The van der Waals surface area contributed by atoms with Crippen LogP contribution in [-0.4, -0.2) is 11.2 Å². The van der Waals surface area contributed by atoms with Crippen molar-refractivity contribution in [1.29, 1.82) is 0 Å². The lowest BCUT2D eigenvalue weighted by Crippen LogP contribution is -1.98. The third-order valence-corrected chi connectivity index (χ3v) is 1.66. The van der Waals surface area contributed by atoms with E-state index >= 15 is 0 Å². The molecule has 0 aromatic heterocycles. The Labute approximate surface area is 45.9 Å². The number of halogens is 1. The normalized spacial score (nSPS) is 18.7. The molecule has 1 atom stereocenters. The van der Waals surface area contributed by atoms with Gasteiger partial charge in [-0.05, 0) is 0 Å². The van der Waals surface area contributed by atoms with E-state index in [2.05, 4.69) is 15.9 Å². The van der Waals surface area contributed by atoms with Crippen LogP contribution in [0.25, 0.3) is 0 Å². The maximum Gasteiger partial charge on any atom is 0.357 e. The Balaban J connectivity index is 3.61. The third kappa shape index (κ3) is 3.02. The van der Waals surface area contributed by atoms with Crippen molar-refractivity contribution >= 4 is 19.5 Å². The van der Waals surface area contributed by atoms with E-state index in [1.165, 1.54) is 0 Å². The zero-order valence-electron chi connectivity index (χ0n) is 3.37. The van der Waals surface area contributed by atoms with Crippen molar-refractivity contribution in [2.45, 2.75) is 0 Å². The number of hydrogen-bond donors (Lipinski definition) is 2. The fourth-order valence-electron chi connectivity index (χ4n) is 0.0282. The minimum absolute atomic E-state index is 0.448. The standard InChI is InChI=1S/CH5ClNO3P/c2-6-7(4,5)1-3/h1,3H2,(H,4,5). The van der Waals surface area contributed by atoms with Gasteiger partial charge in [0.2, 0.25) is 0 Å². The summed E-state index contributed by atoms with van der Waals surface area (Å²) in [6.45, 7) is 0. The van der Waals surface area contributed by atoms with Gasteiger partial charge >= 0.3 is 7.60 Å². The molecule has 0 amide bonds. The first-order valence-corrected chi connectivity index (χ1v) is 3.52. The maximum atomic E-state index is 10.0. The Bertz CT molecular complexity index is 86.9. The third-order valence-electron chi connectivity index (χ3n) is 0.339. The minimum Gasteiger partial charge on any atom is -0.323 e. The fraction of sp³-hybridized carbons (Fsp3) is 1.00. The summed E-state index contributed by atoms with van der Waals surface area (Å²) < 4.78 is 13.6. The van der Waals surface area contributed by atoms with Gasteiger partial charge in [-0.3, -0.25) is 4.57 Å². The lowest BCUT2D eigenvalue weighted by molar-refractivity contribution is 0.394. The summed E-state index contributed by atoms with van der Waals surface area (Å²) in [6.07, 6.45) is -0.448. The molecule has 0 heterocycles. The van der Waals surface area contributed by atoms with Gasteiger partial charge in [-0.15, -0.1) is 0 Å². The average molecular weight is 145 g/mol. The van der Waals surface area contributed by atoms with E-state index in [1.54, 1.807) is 0 Å². The second kappa shape index (κ2) is 2.64. The van der Waals surface area contributed by atoms with E-state index < -0.39 is 13.9 Å². The molecule has 0 aliphatic rings. The van der Waals surface area contributed by atoms with E-state index in [4.69, 9.17) is 10.6 Å². The van der Waals surface area contributed by atoms with Gasteiger partial charge < -0.3 is 10.6 Å². The summed E-state index contributed by atoms with van der Waals surface area (Å²) in [6, 6.07) is 0. The molecule has 3 N–H and O–H groups in total. The molecule has 0 rings (SSSR count). The summed E-state index contributed by atoms with van der Waals surface area (Å²) in [4.78, 5) is 8.21. The average Bonchev–Trinajstić information content (AvgIpc) is 1.68. The highest BCUT2D eigenvalue weighted by Gasteiger charge is 2.13. The van der Waals surface area contributed by atoms with Gasteiger partial charge in [-0.1, -0.05) is 0 Å². The molecule has 0 spiro atoms. The van der Waals surface area contributed by atoms with Gasteiger partial charge in [-0.2, -0.15) is 4.08 Å². The zero-order chi connectivity index (χ0) is 5.91. The molecule has 1 unspecified atom stereocenters. The van der Waals surface area contributed by atoms with Crippen molar-refractivity contribution < 1.29 is 13.5 Å². The van der Waals surface area contributed by atoms with Crippen molar-refractivity contribution in [1.82, 2.24) is 0 Å². The highest BCUT2D eigenvalue weighted by atomic mass is 35.5. The summed E-state index contributed by atoms with van der Waals surface area (Å²) in [5.74, 6) is 0. The van der Waals surface area contributed by atoms with Crippen molar-refractivity contribution in [3.8, 4) is 0 Å². The Kier molecular flexibility index (Phi) is 2.80. The molecule has 0 saturated heterocycles. The smallest absolute Gasteiger partial charge is 0.323 e. The van der Waals surface area contributed by atoms with E-state index in [9.17, 15) is 4.57 Å². The van der Waals surface area contributed by atoms with Crippen molar-refractivity contribution in [3.05, 3.63) is 0 Å². The molecular weight excluding hydrogens is 140 g/mol. The van der Waals surface area contributed by atoms with E-state index in [0.29, 0.717) is 0 Å². The first kappa shape index (κ1) is 7.40. The second-order valence-electron chi connectivity index (χ2n) is 0.889. The van der Waals surface area contributed by atoms with Gasteiger partial charge in [0.1, 0.15) is 0 Å². The molecule has 0 aliphatic carbocycles. The Morgan fingerprint density at radius 1 is 2.00 bits per heavy atom. The van der Waals surface area contributed by atoms with Crippen molar-refractivity contribution in [2.75, 3.05) is 6.29 Å². The Morgan fingerprint density at radius 3 is 2.43 bits per heavy atom. The highest BCUT2D eigenvalue weighted by molar-refractivity contribution is 7.53. The Morgan fingerprint density at radius 2 is 2.43 bits per heavy atom. The number of hydrogen-bond acceptors (Lipinski definition) is 3. The molecule has 0 radical (unpaired) electrons. The molecule has 0 saturated carbocycles. The van der Waals surface area contributed by atoms with Crippen LogP contribution in [0.4, 0.5) is 0 Å². The largest absolute Gasteiger partial charge is 0.357 e. The molecule has 4 nitrogen and oxygen atoms in total. The molecule has 0 aromatic carbocycles. The van der Waals surface area contributed by atoms with Crippen LogP contribution in [0.15, 0.2) is 0 Å². The van der Waals surface area contributed by atoms with Crippen LogP contribution in [0.3, 0.4) is 0 Å². The van der Waals surface area contributed by atoms with Crippen LogP contribution in [-0.2, 0) is 8.64 Å². The summed E-state index contributed by atoms with van der Waals surface area (Å²) in [7, 11) is -3.61. The monoisotopic (exact) mass is 145 g/mol. The van der Waals surface area contributed by atoms with Crippen LogP contribution >= 0.6 is 19.5 Å². The van der Waals surface area contributed by atoms with Gasteiger partial charge in [0.25, 0.3) is 0 Å². The maximum absolute atomic E-state index is 10.0. The zero-order valence-corrected chi connectivity index (χ0v) is 5.02. The molecule has 0 aliphatic heterocycles. The lowest BCUT2D eigenvalue weighted by atomic mass is 11.6. The van der Waals surface area contributed by atoms with Crippen LogP contribution in [0.1, 0.15) is 0 Å². The van der Waals surface area contributed by atoms with Gasteiger partial charge in [0.05, 0.1) is 18.2 Å². The van der Waals surface area contributed by atoms with Crippen LogP contribution in [0.2, 0.25) is 0 Å². The quantitative estimate of drug-likeness (QED) is 0.547. The molecule has 44 valence electrons. The van der Waals surface area contributed by atoms with Gasteiger partial charge in [-0.25, -0.2) is 0 Å². The second-order valence-corrected chi connectivity index (χ2v) is 3.08. The van der Waals surface area contributed by atoms with Crippen LogP contribution in [0, 0.1) is 0 Å². The van der Waals surface area contributed by atoms with Crippen LogP contribution < -0.4 is 5.73 Å². The molecule has 7 heavy (non-hydrogen) atoms. The summed E-state index contributed by atoms with van der Waals surface area (Å²) in [5, 5.41) is 0. The van der Waals surface area contributed by atoms with E-state index in [0.717, 1.165) is 0 Å². The predicted octanol–water partition coefficient (Wildman–Crippen LogP) is 0.258. The number of rotatable bonds is 2. The predicted molar refractivity (Wildman–Crippen MR) is 25.8 cm³/mol. The van der Waals surface area contributed by atoms with Crippen LogP contribution in [0.5, 0.6) is 0 Å². The topological polar surface area (TPSA) is 72.6 Å². The molecule has 0 fully saturated rings. The van der Waals surface area contributed by atoms with Crippen molar-refractivity contribution in [3.63, 3.8) is 0 Å². The molecule has 6 heteroatoms. The Hall–Kier alpha value is 0.400. The molecule has 0 bridgehead atoms. The fourth-order valence-corrected chi connectivity index (χ4v) is 0.254. The molecule has 0 aromatic rings. The first-order chi connectivity index (χ1) is 3.12. The molecular formula is CH5ClNO3P. The van der Waals surface area contributed by atoms with E-state index in [1.807, 2.05) is 0 Å². The SMILES string of the molecule is NCP(=O)(O)OCl. The first-order valence-electron chi connectivity index (χ1n) is 1.44. The lowest BCUT2D eigenvalue weighted by Gasteiger charge is -1.98. The van der Waals surface area contributed by atoms with E-state index in [-0.39, 0.29) is 0 Å². The minimum atomic E-state index is -3.61. The number of nitrogens with two attached hydrogens (primary N) is 1. The highest BCUT2D eigenvalue weighted by Crippen LogP contribution is 2.40. The van der Waals surface area contributed by atoms with Gasteiger partial charge in [0, 0.05) is 0 Å². The summed E-state index contributed by atoms with van der Waals surface area (Å²) >= 11 is 4.50. The summed E-state index contributed by atoms with van der Waals surface area (Å²) in [5.41, 5.74) is 4.69.